The Morgan fingerprint density at radius 2 is 1.79 bits per heavy atom. The van der Waals surface area contributed by atoms with Crippen molar-refractivity contribution in [1.82, 2.24) is 0 Å². The molecule has 4 rings (SSSR count). The van der Waals surface area contributed by atoms with E-state index in [0.717, 1.165) is 11.3 Å². The SMILES string of the molecule is COc1ccc(COC2C(C/[N+]([O-])=N/Nc3ccc([N+](=O)[O-])cc3)OC3OC(C)(C)OC32)cc1. The monoisotopic (exact) mass is 474 g/mol. The molecule has 2 aromatic carbocycles. The first-order valence-corrected chi connectivity index (χ1v) is 10.7. The molecule has 0 aliphatic carbocycles. The Labute approximate surface area is 195 Å². The molecule has 0 radical (unpaired) electrons. The number of hydrogen-bond acceptors (Lipinski definition) is 9. The Kier molecular flexibility index (Phi) is 6.93. The van der Waals surface area contributed by atoms with Gasteiger partial charge in [0.05, 0.1) is 23.9 Å². The van der Waals surface area contributed by atoms with E-state index in [4.69, 9.17) is 23.7 Å². The molecule has 182 valence electrons. The van der Waals surface area contributed by atoms with E-state index in [0.29, 0.717) is 10.5 Å². The van der Waals surface area contributed by atoms with Gasteiger partial charge in [-0.2, -0.15) is 4.86 Å². The lowest BCUT2D eigenvalue weighted by atomic mass is 10.1. The average molecular weight is 474 g/mol. The summed E-state index contributed by atoms with van der Waals surface area (Å²) < 4.78 is 29.0. The number of ether oxygens (including phenoxy) is 5. The summed E-state index contributed by atoms with van der Waals surface area (Å²) in [4.78, 5) is 10.7. The van der Waals surface area contributed by atoms with Crippen LogP contribution >= 0.6 is 0 Å². The second-order valence-corrected chi connectivity index (χ2v) is 8.32. The number of hydrogen-bond donors (Lipinski definition) is 1. The van der Waals surface area contributed by atoms with Gasteiger partial charge in [0.2, 0.25) is 0 Å². The molecule has 4 atom stereocenters. The van der Waals surface area contributed by atoms with Crippen molar-refractivity contribution in [3.8, 4) is 5.75 Å². The number of fused-ring (bicyclic) bond motifs is 1. The molecular weight excluding hydrogens is 448 g/mol. The molecule has 0 amide bonds. The standard InChI is InChI=1S/C22H26N4O8/c1-22(2)33-20-19(31-13-14-4-10-17(30-3)11-5-14)18(32-21(20)34-22)12-25(27)24-23-15-6-8-16(9-7-15)26(28)29/h4-11,18-21,23H,12-13H2,1-3H3/b25-24-. The highest BCUT2D eigenvalue weighted by molar-refractivity contribution is 5.47. The van der Waals surface area contributed by atoms with Gasteiger partial charge in [0.25, 0.3) is 5.69 Å². The minimum absolute atomic E-state index is 0.0600. The average Bonchev–Trinajstić information content (AvgIpc) is 3.27. The number of nitro groups is 1. The summed E-state index contributed by atoms with van der Waals surface area (Å²) in [6, 6.07) is 13.0. The number of hydroxylamine groups is 1. The smallest absolute Gasteiger partial charge is 0.269 e. The summed E-state index contributed by atoms with van der Waals surface area (Å²) in [6.07, 6.45) is -2.41. The Hall–Kier alpha value is -3.32. The van der Waals surface area contributed by atoms with E-state index in [-0.39, 0.29) is 18.8 Å². The topological polar surface area (TPSA) is 140 Å². The predicted octanol–water partition coefficient (Wildman–Crippen LogP) is 3.35. The molecule has 2 aliphatic rings. The van der Waals surface area contributed by atoms with Crippen molar-refractivity contribution in [3.63, 3.8) is 0 Å². The Morgan fingerprint density at radius 1 is 1.09 bits per heavy atom. The Bertz CT molecular complexity index is 1030. The third-order valence-corrected chi connectivity index (χ3v) is 5.39. The first-order chi connectivity index (χ1) is 16.2. The molecule has 2 aliphatic heterocycles. The van der Waals surface area contributed by atoms with E-state index in [2.05, 4.69) is 10.6 Å². The highest BCUT2D eigenvalue weighted by atomic mass is 16.8. The van der Waals surface area contributed by atoms with Gasteiger partial charge in [-0.3, -0.25) is 10.1 Å². The van der Waals surface area contributed by atoms with E-state index in [1.807, 2.05) is 24.3 Å². The van der Waals surface area contributed by atoms with E-state index in [1.165, 1.54) is 24.3 Å². The van der Waals surface area contributed by atoms with Crippen molar-refractivity contribution in [3.05, 3.63) is 69.4 Å². The number of benzene rings is 2. The molecule has 4 unspecified atom stereocenters. The van der Waals surface area contributed by atoms with Crippen LogP contribution in [0.15, 0.2) is 53.8 Å². The van der Waals surface area contributed by atoms with Gasteiger partial charge < -0.3 is 28.9 Å². The molecule has 2 fully saturated rings. The summed E-state index contributed by atoms with van der Waals surface area (Å²) in [6.45, 7) is 3.70. The molecule has 12 nitrogen and oxygen atoms in total. The number of anilines is 1. The molecule has 0 spiro atoms. The summed E-state index contributed by atoms with van der Waals surface area (Å²) in [7, 11) is 1.60. The molecule has 2 saturated heterocycles. The molecule has 12 heteroatoms. The number of methoxy groups -OCH3 is 1. The largest absolute Gasteiger partial charge is 0.696 e. The van der Waals surface area contributed by atoms with Gasteiger partial charge in [-0.25, -0.2) is 0 Å². The van der Waals surface area contributed by atoms with Crippen LogP contribution in [0.1, 0.15) is 19.4 Å². The van der Waals surface area contributed by atoms with Gasteiger partial charge in [0, 0.05) is 12.1 Å². The maximum atomic E-state index is 12.4. The zero-order valence-corrected chi connectivity index (χ0v) is 19.0. The maximum absolute atomic E-state index is 12.4. The van der Waals surface area contributed by atoms with Gasteiger partial charge in [-0.1, -0.05) is 12.1 Å². The molecule has 34 heavy (non-hydrogen) atoms. The highest BCUT2D eigenvalue weighted by Gasteiger charge is 2.55. The molecule has 2 aromatic rings. The second-order valence-electron chi connectivity index (χ2n) is 8.32. The molecule has 1 N–H and O–H groups in total. The minimum atomic E-state index is -0.832. The first-order valence-electron chi connectivity index (χ1n) is 10.7. The zero-order valence-electron chi connectivity index (χ0n) is 19.0. The minimum Gasteiger partial charge on any atom is -0.696 e. The maximum Gasteiger partial charge on any atom is 0.269 e. The van der Waals surface area contributed by atoms with E-state index < -0.39 is 35.3 Å². The van der Waals surface area contributed by atoms with Crippen molar-refractivity contribution >= 4 is 11.4 Å². The number of nitrogens with zero attached hydrogens (tertiary/aromatic N) is 3. The lowest BCUT2D eigenvalue weighted by molar-refractivity contribution is -0.540. The summed E-state index contributed by atoms with van der Waals surface area (Å²) >= 11 is 0. The van der Waals surface area contributed by atoms with Crippen molar-refractivity contribution in [1.29, 1.82) is 0 Å². The van der Waals surface area contributed by atoms with E-state index in [9.17, 15) is 15.3 Å². The van der Waals surface area contributed by atoms with Crippen molar-refractivity contribution in [2.75, 3.05) is 19.1 Å². The number of nitrogens with one attached hydrogen (secondary N) is 1. The number of nitro benzene ring substituents is 1. The Morgan fingerprint density at radius 3 is 2.44 bits per heavy atom. The van der Waals surface area contributed by atoms with E-state index in [1.54, 1.807) is 21.0 Å². The van der Waals surface area contributed by atoms with Crippen LogP contribution in [0.4, 0.5) is 11.4 Å². The first kappa shape index (κ1) is 23.8. The van der Waals surface area contributed by atoms with E-state index >= 15 is 0 Å². The van der Waals surface area contributed by atoms with Gasteiger partial charge in [-0.05, 0) is 43.7 Å². The summed E-state index contributed by atoms with van der Waals surface area (Å²) in [5.41, 5.74) is 3.86. The fourth-order valence-electron chi connectivity index (χ4n) is 3.78. The molecule has 0 saturated carbocycles. The fraction of sp³-hybridized carbons (Fsp3) is 0.455. The number of non-ortho nitro benzene ring substituents is 1. The van der Waals surface area contributed by atoms with Crippen LogP contribution in [0, 0.1) is 15.3 Å². The molecule has 0 aromatic heterocycles. The van der Waals surface area contributed by atoms with Crippen LogP contribution in [-0.2, 0) is 25.6 Å². The van der Waals surface area contributed by atoms with Gasteiger partial charge >= 0.3 is 0 Å². The molecule has 2 heterocycles. The summed E-state index contributed by atoms with van der Waals surface area (Å²) in [5.74, 6) is -0.0922. The fourth-order valence-corrected chi connectivity index (χ4v) is 3.78. The lowest BCUT2D eigenvalue weighted by Gasteiger charge is -2.26. The molecular formula is C22H26N4O8. The highest BCUT2D eigenvalue weighted by Crippen LogP contribution is 2.39. The van der Waals surface area contributed by atoms with Crippen LogP contribution in [-0.4, -0.2) is 53.8 Å². The van der Waals surface area contributed by atoms with Crippen LogP contribution in [0.3, 0.4) is 0 Å². The normalized spacial score (nSPS) is 25.7. The van der Waals surface area contributed by atoms with Gasteiger partial charge in [-0.15, -0.1) is 5.43 Å². The number of rotatable bonds is 9. The van der Waals surface area contributed by atoms with Crippen molar-refractivity contribution < 1.29 is 33.5 Å². The van der Waals surface area contributed by atoms with Crippen molar-refractivity contribution in [2.45, 2.75) is 50.8 Å². The second kappa shape index (κ2) is 9.89. The third kappa shape index (κ3) is 5.59. The van der Waals surface area contributed by atoms with Crippen LogP contribution < -0.4 is 10.2 Å². The lowest BCUT2D eigenvalue weighted by Crippen LogP contribution is -2.40. The van der Waals surface area contributed by atoms with Gasteiger partial charge in [0.1, 0.15) is 36.3 Å². The van der Waals surface area contributed by atoms with Crippen LogP contribution in [0.2, 0.25) is 0 Å². The van der Waals surface area contributed by atoms with Crippen LogP contribution in [0.25, 0.3) is 0 Å². The van der Waals surface area contributed by atoms with Crippen LogP contribution in [0.5, 0.6) is 5.75 Å². The van der Waals surface area contributed by atoms with Crippen molar-refractivity contribution in [2.24, 2.45) is 5.22 Å². The third-order valence-electron chi connectivity index (χ3n) is 5.39. The Balaban J connectivity index is 1.40. The zero-order chi connectivity index (χ0) is 24.3. The quantitative estimate of drug-likeness (QED) is 0.251. The van der Waals surface area contributed by atoms with Gasteiger partial charge in [0.15, 0.2) is 12.1 Å². The summed E-state index contributed by atoms with van der Waals surface area (Å²) in [5, 5.41) is 26.9. The molecule has 0 bridgehead atoms. The predicted molar refractivity (Wildman–Crippen MR) is 118 cm³/mol.